The Bertz CT molecular complexity index is 682. The second-order valence-corrected chi connectivity index (χ2v) is 8.72. The van der Waals surface area contributed by atoms with Crippen LogP contribution in [0.15, 0.2) is 29.3 Å². The molecule has 1 aromatic carbocycles. The Kier molecular flexibility index (Phi) is 8.36. The molecule has 0 aliphatic carbocycles. The number of nitrogens with one attached hydrogen (secondary N) is 2. The molecule has 1 atom stereocenters. The fourth-order valence-corrected chi connectivity index (χ4v) is 4.43. The van der Waals surface area contributed by atoms with E-state index in [2.05, 4.69) is 57.5 Å². The van der Waals surface area contributed by atoms with Gasteiger partial charge in [-0.05, 0) is 45.8 Å². The molecule has 3 rings (SSSR count). The van der Waals surface area contributed by atoms with Gasteiger partial charge in [-0.25, -0.2) is 0 Å². The summed E-state index contributed by atoms with van der Waals surface area (Å²) in [5.41, 5.74) is 1.27. The van der Waals surface area contributed by atoms with Crippen LogP contribution in [0.25, 0.3) is 0 Å². The number of ether oxygens (including phenoxy) is 2. The Morgan fingerprint density at radius 2 is 1.83 bits per heavy atom. The van der Waals surface area contributed by atoms with E-state index < -0.39 is 0 Å². The zero-order valence-electron chi connectivity index (χ0n) is 19.1. The second-order valence-electron chi connectivity index (χ2n) is 8.72. The zero-order valence-corrected chi connectivity index (χ0v) is 19.1. The molecule has 2 saturated heterocycles. The predicted octanol–water partition coefficient (Wildman–Crippen LogP) is 2.11. The van der Waals surface area contributed by atoms with Gasteiger partial charge in [0.25, 0.3) is 0 Å². The number of nitrogens with zero attached hydrogens (tertiary/aromatic N) is 3. The molecular weight excluding hydrogens is 378 g/mol. The highest BCUT2D eigenvalue weighted by molar-refractivity contribution is 5.79. The molecule has 2 fully saturated rings. The third kappa shape index (κ3) is 5.86. The van der Waals surface area contributed by atoms with Gasteiger partial charge in [0.15, 0.2) is 5.96 Å². The Balaban J connectivity index is 1.62. The van der Waals surface area contributed by atoms with Gasteiger partial charge in [-0.2, -0.15) is 0 Å². The van der Waals surface area contributed by atoms with Gasteiger partial charge in [-0.3, -0.25) is 14.8 Å². The molecule has 2 aliphatic rings. The van der Waals surface area contributed by atoms with Crippen molar-refractivity contribution in [3.63, 3.8) is 0 Å². The lowest BCUT2D eigenvalue weighted by molar-refractivity contribution is -0.00834. The molecule has 0 amide bonds. The third-order valence-corrected chi connectivity index (χ3v) is 6.32. The van der Waals surface area contributed by atoms with Crippen molar-refractivity contribution in [3.05, 3.63) is 29.8 Å². The molecule has 7 heteroatoms. The number of benzene rings is 1. The van der Waals surface area contributed by atoms with Crippen molar-refractivity contribution in [1.29, 1.82) is 0 Å². The van der Waals surface area contributed by atoms with Crippen molar-refractivity contribution in [2.45, 2.75) is 38.3 Å². The van der Waals surface area contributed by atoms with E-state index in [4.69, 9.17) is 9.47 Å². The van der Waals surface area contributed by atoms with Crippen molar-refractivity contribution in [3.8, 4) is 5.75 Å². The lowest BCUT2D eigenvalue weighted by Crippen LogP contribution is -2.56. The number of morpholine rings is 1. The van der Waals surface area contributed by atoms with E-state index in [1.165, 1.54) is 18.4 Å². The quantitative estimate of drug-likeness (QED) is 0.499. The molecule has 1 aromatic rings. The first-order chi connectivity index (χ1) is 14.5. The lowest BCUT2D eigenvalue weighted by atomic mass is 10.0. The minimum atomic E-state index is 0.0401. The van der Waals surface area contributed by atoms with Gasteiger partial charge in [0.05, 0.1) is 26.4 Å². The van der Waals surface area contributed by atoms with Gasteiger partial charge in [-0.1, -0.05) is 18.2 Å². The normalized spacial score (nSPS) is 20.2. The molecule has 1 unspecified atom stereocenters. The highest BCUT2D eigenvalue weighted by Crippen LogP contribution is 2.31. The molecule has 0 aromatic heterocycles. The van der Waals surface area contributed by atoms with Gasteiger partial charge in [0, 0.05) is 44.3 Å². The maximum absolute atomic E-state index is 5.66. The number of hydrogen-bond acceptors (Lipinski definition) is 5. The third-order valence-electron chi connectivity index (χ3n) is 6.32. The Hall–Kier alpha value is -1.83. The SMILES string of the molecule is CN=C(NCC(c1ccccc1OC)N1CCCC1)NCC(C)(C)N1CCOCC1. The van der Waals surface area contributed by atoms with E-state index in [-0.39, 0.29) is 11.6 Å². The summed E-state index contributed by atoms with van der Waals surface area (Å²) in [6.07, 6.45) is 2.51. The van der Waals surface area contributed by atoms with Crippen molar-refractivity contribution >= 4 is 5.96 Å². The van der Waals surface area contributed by atoms with E-state index in [0.29, 0.717) is 0 Å². The summed E-state index contributed by atoms with van der Waals surface area (Å²) < 4.78 is 11.2. The smallest absolute Gasteiger partial charge is 0.191 e. The minimum Gasteiger partial charge on any atom is -0.496 e. The topological polar surface area (TPSA) is 61.4 Å². The van der Waals surface area contributed by atoms with Gasteiger partial charge < -0.3 is 20.1 Å². The number of rotatable bonds is 8. The standard InChI is InChI=1S/C23H39N5O2/c1-23(2,28-13-15-30-16-14-28)18-26-22(24-3)25-17-20(27-11-7-8-12-27)19-9-5-6-10-21(19)29-4/h5-6,9-10,20H,7-8,11-18H2,1-4H3,(H2,24,25,26). The van der Waals surface area contributed by atoms with Gasteiger partial charge in [0.1, 0.15) is 5.75 Å². The van der Waals surface area contributed by atoms with E-state index in [9.17, 15) is 0 Å². The van der Waals surface area contributed by atoms with Crippen LogP contribution in [-0.4, -0.2) is 87.9 Å². The first-order valence-corrected chi connectivity index (χ1v) is 11.2. The van der Waals surface area contributed by atoms with E-state index in [0.717, 1.165) is 64.2 Å². The molecule has 168 valence electrons. The van der Waals surface area contributed by atoms with Crippen molar-refractivity contribution < 1.29 is 9.47 Å². The monoisotopic (exact) mass is 417 g/mol. The Labute approximate surface area is 181 Å². The first kappa shape index (κ1) is 22.8. The largest absolute Gasteiger partial charge is 0.496 e. The van der Waals surface area contributed by atoms with Crippen LogP contribution >= 0.6 is 0 Å². The van der Waals surface area contributed by atoms with Crippen molar-refractivity contribution in [1.82, 2.24) is 20.4 Å². The number of likely N-dealkylation sites (tertiary alicyclic amines) is 1. The summed E-state index contributed by atoms with van der Waals surface area (Å²) >= 11 is 0. The van der Waals surface area contributed by atoms with Crippen LogP contribution in [-0.2, 0) is 4.74 Å². The van der Waals surface area contributed by atoms with Crippen LogP contribution in [0.3, 0.4) is 0 Å². The van der Waals surface area contributed by atoms with Crippen LogP contribution in [0.5, 0.6) is 5.75 Å². The zero-order chi connectivity index (χ0) is 21.4. The van der Waals surface area contributed by atoms with Gasteiger partial charge >= 0.3 is 0 Å². The number of para-hydroxylation sites is 1. The summed E-state index contributed by atoms with van der Waals surface area (Å²) in [5, 5.41) is 7.11. The second kappa shape index (κ2) is 11.0. The average molecular weight is 418 g/mol. The fraction of sp³-hybridized carbons (Fsp3) is 0.696. The van der Waals surface area contributed by atoms with Crippen LogP contribution in [0.1, 0.15) is 38.3 Å². The lowest BCUT2D eigenvalue weighted by Gasteiger charge is -2.41. The van der Waals surface area contributed by atoms with E-state index in [1.54, 1.807) is 7.11 Å². The molecular formula is C23H39N5O2. The summed E-state index contributed by atoms with van der Waals surface area (Å²) in [6, 6.07) is 8.62. The average Bonchev–Trinajstić information content (AvgIpc) is 3.31. The maximum atomic E-state index is 5.66. The number of aliphatic imine (C=N–C) groups is 1. The summed E-state index contributed by atoms with van der Waals surface area (Å²) in [5.74, 6) is 1.79. The Morgan fingerprint density at radius 3 is 2.50 bits per heavy atom. The Morgan fingerprint density at radius 1 is 1.13 bits per heavy atom. The highest BCUT2D eigenvalue weighted by Gasteiger charge is 2.29. The van der Waals surface area contributed by atoms with Crippen LogP contribution in [0, 0.1) is 0 Å². The van der Waals surface area contributed by atoms with Gasteiger partial charge in [-0.15, -0.1) is 0 Å². The molecule has 0 spiro atoms. The molecule has 2 N–H and O–H groups in total. The number of methoxy groups -OCH3 is 1. The molecule has 7 nitrogen and oxygen atoms in total. The van der Waals surface area contributed by atoms with Crippen molar-refractivity contribution in [2.75, 3.05) is 66.6 Å². The highest BCUT2D eigenvalue weighted by atomic mass is 16.5. The summed E-state index contributed by atoms with van der Waals surface area (Å²) in [4.78, 5) is 9.51. The van der Waals surface area contributed by atoms with Crippen LogP contribution in [0.2, 0.25) is 0 Å². The van der Waals surface area contributed by atoms with E-state index >= 15 is 0 Å². The fourth-order valence-electron chi connectivity index (χ4n) is 4.43. The summed E-state index contributed by atoms with van der Waals surface area (Å²) in [7, 11) is 3.59. The molecule has 2 aliphatic heterocycles. The number of guanidine groups is 1. The molecule has 0 radical (unpaired) electrons. The summed E-state index contributed by atoms with van der Waals surface area (Å²) in [6.45, 7) is 12.0. The minimum absolute atomic E-state index is 0.0401. The van der Waals surface area contributed by atoms with E-state index in [1.807, 2.05) is 13.1 Å². The van der Waals surface area contributed by atoms with Gasteiger partial charge in [0.2, 0.25) is 0 Å². The predicted molar refractivity (Wildman–Crippen MR) is 122 cm³/mol. The van der Waals surface area contributed by atoms with Crippen LogP contribution in [0.4, 0.5) is 0 Å². The van der Waals surface area contributed by atoms with Crippen LogP contribution < -0.4 is 15.4 Å². The first-order valence-electron chi connectivity index (χ1n) is 11.2. The molecule has 2 heterocycles. The molecule has 30 heavy (non-hydrogen) atoms. The van der Waals surface area contributed by atoms with Crippen molar-refractivity contribution in [2.24, 2.45) is 4.99 Å². The molecule has 0 saturated carbocycles. The number of hydrogen-bond donors (Lipinski definition) is 2. The maximum Gasteiger partial charge on any atom is 0.191 e. The molecule has 0 bridgehead atoms.